The van der Waals surface area contributed by atoms with Crippen LogP contribution in [0.4, 0.5) is 5.69 Å². The number of amides is 1. The zero-order chi connectivity index (χ0) is 19.6. The first-order chi connectivity index (χ1) is 13.0. The number of rotatable bonds is 8. The number of nitrogens with one attached hydrogen (secondary N) is 2. The molecule has 7 nitrogen and oxygen atoms in total. The van der Waals surface area contributed by atoms with Crippen molar-refractivity contribution in [2.45, 2.75) is 12.5 Å². The number of ether oxygens (including phenoxy) is 1. The van der Waals surface area contributed by atoms with Crippen molar-refractivity contribution in [3.8, 4) is 5.75 Å². The van der Waals surface area contributed by atoms with Crippen molar-refractivity contribution < 1.29 is 9.53 Å². The molecule has 28 heavy (non-hydrogen) atoms. The van der Waals surface area contributed by atoms with Crippen molar-refractivity contribution in [1.82, 2.24) is 15.5 Å². The molecule has 158 valence electrons. The number of carbonyl (C=O) groups excluding carboxylic acids is 1. The average Bonchev–Trinajstić information content (AvgIpc) is 3.14. The fourth-order valence-electron chi connectivity index (χ4n) is 2.89. The lowest BCUT2D eigenvalue weighted by Crippen LogP contribution is -2.45. The second kappa shape index (κ2) is 13.0. The standard InChI is InChI=1S/C19H31N5O2S.HI/c1-23(2)18(25)13-21-19(20-10-12-27-4)22-15-9-11-24(14-15)16-7-5-6-8-17(16)26-3;/h5-8,15H,9-14H2,1-4H3,(H2,20,21,22);1H. The third-order valence-corrected chi connectivity index (χ3v) is 5.04. The second-order valence-electron chi connectivity index (χ2n) is 6.62. The van der Waals surface area contributed by atoms with Gasteiger partial charge in [0.15, 0.2) is 5.96 Å². The lowest BCUT2D eigenvalue weighted by atomic mass is 10.2. The van der Waals surface area contributed by atoms with E-state index in [1.165, 1.54) is 0 Å². The van der Waals surface area contributed by atoms with E-state index in [1.54, 1.807) is 37.9 Å². The van der Waals surface area contributed by atoms with Crippen molar-refractivity contribution in [3.05, 3.63) is 24.3 Å². The fraction of sp³-hybridized carbons (Fsp3) is 0.579. The first kappa shape index (κ1) is 24.7. The smallest absolute Gasteiger partial charge is 0.243 e. The molecule has 1 aliphatic rings. The van der Waals surface area contributed by atoms with Gasteiger partial charge in [0, 0.05) is 45.5 Å². The molecule has 1 aliphatic heterocycles. The van der Waals surface area contributed by atoms with Crippen molar-refractivity contribution in [3.63, 3.8) is 0 Å². The second-order valence-corrected chi connectivity index (χ2v) is 7.61. The third-order valence-electron chi connectivity index (χ3n) is 4.42. The van der Waals surface area contributed by atoms with Crippen LogP contribution in [0.25, 0.3) is 0 Å². The summed E-state index contributed by atoms with van der Waals surface area (Å²) in [5, 5.41) is 6.81. The van der Waals surface area contributed by atoms with Gasteiger partial charge in [-0.2, -0.15) is 11.8 Å². The summed E-state index contributed by atoms with van der Waals surface area (Å²) in [6.45, 7) is 2.77. The number of nitrogens with zero attached hydrogens (tertiary/aromatic N) is 3. The van der Waals surface area contributed by atoms with E-state index in [1.807, 2.05) is 18.2 Å². The number of likely N-dealkylation sites (N-methyl/N-ethyl adjacent to an activating group) is 1. The lowest BCUT2D eigenvalue weighted by Gasteiger charge is -2.22. The minimum atomic E-state index is -0.0111. The molecule has 0 saturated carbocycles. The molecule has 1 fully saturated rings. The van der Waals surface area contributed by atoms with Crippen LogP contribution in [-0.4, -0.2) is 82.2 Å². The van der Waals surface area contributed by atoms with Crippen LogP contribution in [0.3, 0.4) is 0 Å². The molecule has 2 rings (SSSR count). The highest BCUT2D eigenvalue weighted by Gasteiger charge is 2.25. The maximum atomic E-state index is 11.9. The molecular formula is C19H32IN5O2S. The van der Waals surface area contributed by atoms with Gasteiger partial charge < -0.3 is 25.2 Å². The van der Waals surface area contributed by atoms with Gasteiger partial charge in [-0.25, -0.2) is 4.99 Å². The van der Waals surface area contributed by atoms with Crippen LogP contribution in [0.2, 0.25) is 0 Å². The van der Waals surface area contributed by atoms with Crippen molar-refractivity contribution in [2.75, 3.05) is 64.3 Å². The van der Waals surface area contributed by atoms with Crippen LogP contribution in [0.1, 0.15) is 6.42 Å². The quantitative estimate of drug-likeness (QED) is 0.236. The number of thioether (sulfide) groups is 1. The molecular weight excluding hydrogens is 489 g/mol. The Hall–Kier alpha value is -1.36. The minimum absolute atomic E-state index is 0. The summed E-state index contributed by atoms with van der Waals surface area (Å²) in [6, 6.07) is 8.35. The summed E-state index contributed by atoms with van der Waals surface area (Å²) < 4.78 is 5.48. The van der Waals surface area contributed by atoms with E-state index >= 15 is 0 Å². The Morgan fingerprint density at radius 3 is 2.82 bits per heavy atom. The Morgan fingerprint density at radius 1 is 1.39 bits per heavy atom. The molecule has 2 N–H and O–H groups in total. The molecule has 0 spiro atoms. The number of hydrogen-bond donors (Lipinski definition) is 2. The molecule has 1 unspecified atom stereocenters. The van der Waals surface area contributed by atoms with Crippen molar-refractivity contribution >= 4 is 53.3 Å². The zero-order valence-corrected chi connectivity index (χ0v) is 20.3. The molecule has 1 amide bonds. The van der Waals surface area contributed by atoms with Crippen LogP contribution in [0, 0.1) is 0 Å². The number of carbonyl (C=O) groups is 1. The molecule has 1 aromatic carbocycles. The summed E-state index contributed by atoms with van der Waals surface area (Å²) in [6.07, 6.45) is 3.08. The topological polar surface area (TPSA) is 69.2 Å². The normalized spacial score (nSPS) is 16.4. The Balaban J connectivity index is 0.00000392. The van der Waals surface area contributed by atoms with Gasteiger partial charge in [0.2, 0.25) is 5.91 Å². The highest BCUT2D eigenvalue weighted by atomic mass is 127. The molecule has 1 heterocycles. The number of methoxy groups -OCH3 is 1. The monoisotopic (exact) mass is 521 g/mol. The highest BCUT2D eigenvalue weighted by molar-refractivity contribution is 14.0. The van der Waals surface area contributed by atoms with Gasteiger partial charge >= 0.3 is 0 Å². The molecule has 1 atom stereocenters. The van der Waals surface area contributed by atoms with Crippen molar-refractivity contribution in [1.29, 1.82) is 0 Å². The Morgan fingerprint density at radius 2 is 2.14 bits per heavy atom. The van der Waals surface area contributed by atoms with Gasteiger partial charge in [0.25, 0.3) is 0 Å². The number of guanidine groups is 1. The summed E-state index contributed by atoms with van der Waals surface area (Å²) in [4.78, 5) is 20.2. The van der Waals surface area contributed by atoms with E-state index in [4.69, 9.17) is 4.74 Å². The molecule has 0 aliphatic carbocycles. The van der Waals surface area contributed by atoms with Crippen LogP contribution in [0.15, 0.2) is 29.3 Å². The van der Waals surface area contributed by atoms with E-state index in [0.29, 0.717) is 5.96 Å². The minimum Gasteiger partial charge on any atom is -0.495 e. The summed E-state index contributed by atoms with van der Waals surface area (Å²) in [7, 11) is 5.19. The summed E-state index contributed by atoms with van der Waals surface area (Å²) in [5.74, 6) is 2.57. The van der Waals surface area contributed by atoms with E-state index in [2.05, 4.69) is 32.8 Å². The first-order valence-corrected chi connectivity index (χ1v) is 10.6. The summed E-state index contributed by atoms with van der Waals surface area (Å²) >= 11 is 1.77. The van der Waals surface area contributed by atoms with Crippen molar-refractivity contribution in [2.24, 2.45) is 4.99 Å². The van der Waals surface area contributed by atoms with Gasteiger partial charge in [0.1, 0.15) is 12.3 Å². The molecule has 1 saturated heterocycles. The van der Waals surface area contributed by atoms with Crippen LogP contribution < -0.4 is 20.3 Å². The van der Waals surface area contributed by atoms with Crippen LogP contribution in [0.5, 0.6) is 5.75 Å². The van der Waals surface area contributed by atoms with E-state index < -0.39 is 0 Å². The molecule has 1 aromatic rings. The molecule has 9 heteroatoms. The van der Waals surface area contributed by atoms with E-state index in [-0.39, 0.29) is 42.5 Å². The Bertz CT molecular complexity index is 645. The number of halogens is 1. The Kier molecular flexibility index (Phi) is 11.4. The van der Waals surface area contributed by atoms with Crippen LogP contribution >= 0.6 is 35.7 Å². The zero-order valence-electron chi connectivity index (χ0n) is 17.1. The summed E-state index contributed by atoms with van der Waals surface area (Å²) in [5.41, 5.74) is 1.11. The SMILES string of the molecule is COc1ccccc1N1CCC(NC(=NCC(=O)N(C)C)NCCSC)C1.I. The predicted octanol–water partition coefficient (Wildman–Crippen LogP) is 1.88. The van der Waals surface area contributed by atoms with E-state index in [9.17, 15) is 4.79 Å². The largest absolute Gasteiger partial charge is 0.495 e. The highest BCUT2D eigenvalue weighted by Crippen LogP contribution is 2.30. The maximum absolute atomic E-state index is 11.9. The average molecular weight is 521 g/mol. The number of para-hydroxylation sites is 2. The molecule has 0 radical (unpaired) electrons. The van der Waals surface area contributed by atoms with Gasteiger partial charge in [-0.05, 0) is 24.8 Å². The number of hydrogen-bond acceptors (Lipinski definition) is 5. The Labute approximate surface area is 189 Å². The lowest BCUT2D eigenvalue weighted by molar-refractivity contribution is -0.127. The maximum Gasteiger partial charge on any atom is 0.243 e. The number of anilines is 1. The van der Waals surface area contributed by atoms with Gasteiger partial charge in [-0.15, -0.1) is 24.0 Å². The van der Waals surface area contributed by atoms with Gasteiger partial charge in [-0.1, -0.05) is 12.1 Å². The van der Waals surface area contributed by atoms with Gasteiger partial charge in [-0.3, -0.25) is 4.79 Å². The van der Waals surface area contributed by atoms with Crippen LogP contribution in [-0.2, 0) is 4.79 Å². The third kappa shape index (κ3) is 7.57. The van der Waals surface area contributed by atoms with E-state index in [0.717, 1.165) is 43.2 Å². The number of benzene rings is 1. The fourth-order valence-corrected chi connectivity index (χ4v) is 3.20. The molecule has 0 aromatic heterocycles. The predicted molar refractivity (Wildman–Crippen MR) is 130 cm³/mol. The molecule has 0 bridgehead atoms. The number of aliphatic imine (C=N–C) groups is 1. The van der Waals surface area contributed by atoms with Gasteiger partial charge in [0.05, 0.1) is 12.8 Å². The first-order valence-electron chi connectivity index (χ1n) is 9.17.